The lowest BCUT2D eigenvalue weighted by atomic mass is 9.89. The van der Waals surface area contributed by atoms with Crippen molar-refractivity contribution >= 4 is 40.0 Å². The molecular formula is C30H31N5O3. The normalized spacial score (nSPS) is 13.9. The molecular weight excluding hydrogens is 478 g/mol. The molecule has 3 amide bonds. The van der Waals surface area contributed by atoms with Crippen LogP contribution >= 0.6 is 0 Å². The number of aromatic nitrogens is 2. The summed E-state index contributed by atoms with van der Waals surface area (Å²) in [7, 11) is 1.87. The average molecular weight is 510 g/mol. The third-order valence-corrected chi connectivity index (χ3v) is 7.21. The Morgan fingerprint density at radius 1 is 0.868 bits per heavy atom. The molecule has 3 aromatic carbocycles. The number of hydrogen-bond donors (Lipinski definition) is 2. The Morgan fingerprint density at radius 2 is 1.53 bits per heavy atom. The summed E-state index contributed by atoms with van der Waals surface area (Å²) >= 11 is 0. The van der Waals surface area contributed by atoms with Gasteiger partial charge in [0.15, 0.2) is 0 Å². The van der Waals surface area contributed by atoms with Crippen LogP contribution < -0.4 is 10.6 Å². The summed E-state index contributed by atoms with van der Waals surface area (Å²) in [6.45, 7) is 5.15. The molecule has 8 nitrogen and oxygen atoms in total. The van der Waals surface area contributed by atoms with Crippen molar-refractivity contribution in [3.8, 4) is 0 Å². The zero-order valence-corrected chi connectivity index (χ0v) is 21.8. The molecule has 0 saturated carbocycles. The van der Waals surface area contributed by atoms with Crippen LogP contribution in [0.1, 0.15) is 45.8 Å². The molecule has 1 aliphatic heterocycles. The molecule has 2 heterocycles. The van der Waals surface area contributed by atoms with Crippen LogP contribution in [0.2, 0.25) is 0 Å². The Bertz CT molecular complexity index is 1490. The van der Waals surface area contributed by atoms with Crippen LogP contribution in [0.5, 0.6) is 0 Å². The molecule has 38 heavy (non-hydrogen) atoms. The smallest absolute Gasteiger partial charge is 0.314 e. The zero-order valence-electron chi connectivity index (χ0n) is 21.8. The van der Waals surface area contributed by atoms with Gasteiger partial charge >= 0.3 is 11.8 Å². The Morgan fingerprint density at radius 3 is 2.21 bits per heavy atom. The summed E-state index contributed by atoms with van der Waals surface area (Å²) in [6, 6.07) is 18.9. The largest absolute Gasteiger partial charge is 0.339 e. The van der Waals surface area contributed by atoms with Gasteiger partial charge in [-0.05, 0) is 79.6 Å². The van der Waals surface area contributed by atoms with Crippen molar-refractivity contribution in [3.63, 3.8) is 0 Å². The van der Waals surface area contributed by atoms with Gasteiger partial charge in [0, 0.05) is 48.7 Å². The number of amides is 3. The maximum atomic E-state index is 13.1. The van der Waals surface area contributed by atoms with Gasteiger partial charge < -0.3 is 15.5 Å². The van der Waals surface area contributed by atoms with E-state index >= 15 is 0 Å². The van der Waals surface area contributed by atoms with Gasteiger partial charge in [0.05, 0.1) is 5.52 Å². The first kappa shape index (κ1) is 25.2. The molecule has 1 aliphatic rings. The van der Waals surface area contributed by atoms with Crippen molar-refractivity contribution in [2.24, 2.45) is 7.05 Å². The van der Waals surface area contributed by atoms with Gasteiger partial charge in [-0.1, -0.05) is 30.3 Å². The Balaban J connectivity index is 1.15. The predicted octanol–water partition coefficient (Wildman–Crippen LogP) is 4.79. The number of fused-ring (bicyclic) bond motifs is 1. The third kappa shape index (κ3) is 5.29. The summed E-state index contributed by atoms with van der Waals surface area (Å²) in [5.74, 6) is -1.04. The van der Waals surface area contributed by atoms with E-state index in [9.17, 15) is 14.4 Å². The fourth-order valence-corrected chi connectivity index (χ4v) is 5.09. The first-order valence-electron chi connectivity index (χ1n) is 12.8. The lowest BCUT2D eigenvalue weighted by Crippen LogP contribution is -2.37. The van der Waals surface area contributed by atoms with Gasteiger partial charge in [-0.15, -0.1) is 0 Å². The predicted molar refractivity (Wildman–Crippen MR) is 148 cm³/mol. The number of likely N-dealkylation sites (tertiary alicyclic amines) is 1. The highest BCUT2D eigenvalue weighted by Gasteiger charge is 2.25. The molecule has 0 spiro atoms. The van der Waals surface area contributed by atoms with E-state index in [0.29, 0.717) is 35.9 Å². The fourth-order valence-electron chi connectivity index (χ4n) is 5.09. The number of anilines is 2. The second kappa shape index (κ2) is 10.5. The second-order valence-corrected chi connectivity index (χ2v) is 9.94. The van der Waals surface area contributed by atoms with Crippen LogP contribution in [0.3, 0.4) is 0 Å². The number of aryl methyl sites for hydroxylation is 3. The third-order valence-electron chi connectivity index (χ3n) is 7.21. The molecule has 1 fully saturated rings. The number of carbonyl (C=O) groups excluding carboxylic acids is 3. The van der Waals surface area contributed by atoms with Crippen molar-refractivity contribution in [3.05, 3.63) is 89.1 Å². The van der Waals surface area contributed by atoms with E-state index in [-0.39, 0.29) is 5.91 Å². The number of benzene rings is 3. The van der Waals surface area contributed by atoms with Gasteiger partial charge in [0.2, 0.25) is 0 Å². The lowest BCUT2D eigenvalue weighted by Gasteiger charge is -2.32. The molecule has 0 bridgehead atoms. The van der Waals surface area contributed by atoms with E-state index in [0.717, 1.165) is 40.4 Å². The highest BCUT2D eigenvalue weighted by atomic mass is 16.2. The van der Waals surface area contributed by atoms with Crippen LogP contribution in [-0.4, -0.2) is 45.5 Å². The molecule has 1 aromatic heterocycles. The topological polar surface area (TPSA) is 96.3 Å². The summed E-state index contributed by atoms with van der Waals surface area (Å²) in [6.07, 6.45) is 3.65. The van der Waals surface area contributed by atoms with E-state index < -0.39 is 11.8 Å². The van der Waals surface area contributed by atoms with Gasteiger partial charge in [-0.25, -0.2) is 0 Å². The molecule has 0 aliphatic carbocycles. The maximum absolute atomic E-state index is 13.1. The number of hydrogen-bond acceptors (Lipinski definition) is 4. The molecule has 5 rings (SSSR count). The number of rotatable bonds is 4. The van der Waals surface area contributed by atoms with E-state index in [4.69, 9.17) is 0 Å². The van der Waals surface area contributed by atoms with E-state index in [1.807, 2.05) is 92.7 Å². The van der Waals surface area contributed by atoms with Crippen LogP contribution in [0.4, 0.5) is 11.4 Å². The Hall–Kier alpha value is -4.46. The molecule has 1 saturated heterocycles. The van der Waals surface area contributed by atoms with Gasteiger partial charge in [0.1, 0.15) is 0 Å². The number of carbonyl (C=O) groups is 3. The minimum atomic E-state index is -0.711. The van der Waals surface area contributed by atoms with Crippen molar-refractivity contribution in [2.75, 3.05) is 23.7 Å². The van der Waals surface area contributed by atoms with Crippen LogP contribution in [0.15, 0.2) is 66.9 Å². The number of nitrogens with one attached hydrogen (secondary N) is 2. The average Bonchev–Trinajstić information content (AvgIpc) is 3.30. The maximum Gasteiger partial charge on any atom is 0.314 e. The highest BCUT2D eigenvalue weighted by molar-refractivity contribution is 6.43. The molecule has 4 aromatic rings. The molecule has 0 atom stereocenters. The first-order valence-corrected chi connectivity index (χ1v) is 12.8. The standard InChI is InChI=1S/C30H31N5O3/c1-19-5-4-6-20(2)27(19)32-29(37)28(36)31-25-10-7-21(8-11-25)22-13-15-35(16-14-22)30(38)23-9-12-26-24(17-23)18-34(3)33-26/h4-12,17-18,22H,13-16H2,1-3H3,(H,31,36)(H,32,37). The van der Waals surface area contributed by atoms with Crippen molar-refractivity contribution in [2.45, 2.75) is 32.6 Å². The van der Waals surface area contributed by atoms with Crippen molar-refractivity contribution < 1.29 is 14.4 Å². The summed E-state index contributed by atoms with van der Waals surface area (Å²) in [5.41, 5.74) is 5.75. The van der Waals surface area contributed by atoms with Gasteiger partial charge in [-0.3, -0.25) is 19.1 Å². The van der Waals surface area contributed by atoms with Gasteiger partial charge in [0.25, 0.3) is 5.91 Å². The van der Waals surface area contributed by atoms with Crippen LogP contribution in [-0.2, 0) is 16.6 Å². The lowest BCUT2D eigenvalue weighted by molar-refractivity contribution is -0.133. The van der Waals surface area contributed by atoms with E-state index in [1.54, 1.807) is 4.68 Å². The minimum absolute atomic E-state index is 0.0476. The molecule has 2 N–H and O–H groups in total. The SMILES string of the molecule is Cc1cccc(C)c1NC(=O)C(=O)Nc1ccc(C2CCN(C(=O)c3ccc4nn(C)cc4c3)CC2)cc1. The van der Waals surface area contributed by atoms with Crippen molar-refractivity contribution in [1.82, 2.24) is 14.7 Å². The Kier molecular flexibility index (Phi) is 6.96. The summed E-state index contributed by atoms with van der Waals surface area (Å²) in [4.78, 5) is 39.9. The highest BCUT2D eigenvalue weighted by Crippen LogP contribution is 2.30. The molecule has 8 heteroatoms. The Labute approximate surface area is 221 Å². The fraction of sp³-hybridized carbons (Fsp3) is 0.267. The molecule has 0 unspecified atom stereocenters. The van der Waals surface area contributed by atoms with E-state index in [1.165, 1.54) is 0 Å². The zero-order chi connectivity index (χ0) is 26.8. The molecule has 0 radical (unpaired) electrons. The van der Waals surface area contributed by atoms with E-state index in [2.05, 4.69) is 15.7 Å². The number of nitrogens with zero attached hydrogens (tertiary/aromatic N) is 3. The van der Waals surface area contributed by atoms with Gasteiger partial charge in [-0.2, -0.15) is 5.10 Å². The van der Waals surface area contributed by atoms with Crippen molar-refractivity contribution in [1.29, 1.82) is 0 Å². The first-order chi connectivity index (χ1) is 18.3. The number of para-hydroxylation sites is 1. The quantitative estimate of drug-likeness (QED) is 0.387. The van der Waals surface area contributed by atoms with Crippen LogP contribution in [0.25, 0.3) is 10.9 Å². The monoisotopic (exact) mass is 509 g/mol. The van der Waals surface area contributed by atoms with Crippen LogP contribution in [0, 0.1) is 13.8 Å². The second-order valence-electron chi connectivity index (χ2n) is 9.94. The minimum Gasteiger partial charge on any atom is -0.339 e. The summed E-state index contributed by atoms with van der Waals surface area (Å²) in [5, 5.41) is 10.7. The molecule has 194 valence electrons. The number of piperidine rings is 1. The summed E-state index contributed by atoms with van der Waals surface area (Å²) < 4.78 is 1.75.